The van der Waals surface area contributed by atoms with Crippen LogP contribution in [0, 0.1) is 5.82 Å². The van der Waals surface area contributed by atoms with Crippen molar-refractivity contribution in [2.24, 2.45) is 0 Å². The van der Waals surface area contributed by atoms with Crippen molar-refractivity contribution in [2.75, 3.05) is 50.2 Å². The molecule has 1 fully saturated rings. The molecular formula is C24H24FN5O2. The average molecular weight is 433 g/mol. The lowest BCUT2D eigenvalue weighted by Gasteiger charge is -2.36. The van der Waals surface area contributed by atoms with E-state index in [0.717, 1.165) is 54.7 Å². The summed E-state index contributed by atoms with van der Waals surface area (Å²) in [5, 5.41) is 0. The van der Waals surface area contributed by atoms with Gasteiger partial charge in [-0.15, -0.1) is 0 Å². The summed E-state index contributed by atoms with van der Waals surface area (Å²) in [7, 11) is 3.24. The van der Waals surface area contributed by atoms with Crippen molar-refractivity contribution in [1.29, 1.82) is 0 Å². The molecule has 1 saturated heterocycles. The Kier molecular flexibility index (Phi) is 5.26. The number of rotatable bonds is 5. The van der Waals surface area contributed by atoms with Crippen molar-refractivity contribution in [2.45, 2.75) is 0 Å². The molecule has 0 saturated carbocycles. The first-order chi connectivity index (χ1) is 15.7. The Balaban J connectivity index is 1.45. The number of hydrogen-bond acceptors (Lipinski definition) is 6. The van der Waals surface area contributed by atoms with Gasteiger partial charge >= 0.3 is 0 Å². The highest BCUT2D eigenvalue weighted by Gasteiger charge is 2.22. The van der Waals surface area contributed by atoms with Crippen molar-refractivity contribution in [3.8, 4) is 22.8 Å². The Hall–Kier alpha value is -3.81. The first kappa shape index (κ1) is 20.1. The second-order valence-corrected chi connectivity index (χ2v) is 7.62. The Morgan fingerprint density at radius 1 is 0.844 bits per heavy atom. The van der Waals surface area contributed by atoms with Crippen molar-refractivity contribution >= 4 is 17.3 Å². The normalized spacial score (nSPS) is 14.1. The number of hydrogen-bond donors (Lipinski definition) is 0. The zero-order chi connectivity index (χ0) is 22.1. The summed E-state index contributed by atoms with van der Waals surface area (Å²) in [5.41, 5.74) is 3.62. The monoisotopic (exact) mass is 433 g/mol. The predicted molar refractivity (Wildman–Crippen MR) is 122 cm³/mol. The second-order valence-electron chi connectivity index (χ2n) is 7.62. The SMILES string of the molecule is COc1ccc(-c2cc3nccn3c(N3CCN(c4ccc(F)cc4)CC3)n2)cc1OC. The van der Waals surface area contributed by atoms with Gasteiger partial charge in [-0.3, -0.25) is 4.40 Å². The van der Waals surface area contributed by atoms with E-state index >= 15 is 0 Å². The fourth-order valence-corrected chi connectivity index (χ4v) is 4.09. The molecular weight excluding hydrogens is 409 g/mol. The number of aromatic nitrogens is 3. The van der Waals surface area contributed by atoms with E-state index in [1.165, 1.54) is 12.1 Å². The summed E-state index contributed by atoms with van der Waals surface area (Å²) in [6.07, 6.45) is 3.72. The summed E-state index contributed by atoms with van der Waals surface area (Å²) in [5.74, 6) is 1.97. The molecule has 4 aromatic rings. The third kappa shape index (κ3) is 3.68. The summed E-state index contributed by atoms with van der Waals surface area (Å²) in [4.78, 5) is 14.0. The van der Waals surface area contributed by atoms with Crippen LogP contribution in [-0.4, -0.2) is 54.8 Å². The molecule has 0 radical (unpaired) electrons. The van der Waals surface area contributed by atoms with Gasteiger partial charge < -0.3 is 19.3 Å². The Bertz CT molecular complexity index is 1230. The molecule has 7 nitrogen and oxygen atoms in total. The van der Waals surface area contributed by atoms with E-state index in [4.69, 9.17) is 14.5 Å². The molecule has 8 heteroatoms. The predicted octanol–water partition coefficient (Wildman–Crippen LogP) is 3.88. The van der Waals surface area contributed by atoms with Gasteiger partial charge in [-0.1, -0.05) is 0 Å². The van der Waals surface area contributed by atoms with Crippen molar-refractivity contribution < 1.29 is 13.9 Å². The maximum Gasteiger partial charge on any atom is 0.212 e. The molecule has 32 heavy (non-hydrogen) atoms. The Morgan fingerprint density at radius 2 is 1.56 bits per heavy atom. The molecule has 0 bridgehead atoms. The minimum atomic E-state index is -0.217. The lowest BCUT2D eigenvalue weighted by molar-refractivity contribution is 0.355. The molecule has 0 atom stereocenters. The average Bonchev–Trinajstić information content (AvgIpc) is 3.32. The summed E-state index contributed by atoms with van der Waals surface area (Å²) >= 11 is 0. The Morgan fingerprint density at radius 3 is 2.28 bits per heavy atom. The van der Waals surface area contributed by atoms with Gasteiger partial charge in [-0.05, 0) is 42.5 Å². The maximum absolute atomic E-state index is 13.3. The molecule has 3 heterocycles. The van der Waals surface area contributed by atoms with Gasteiger partial charge in [0.15, 0.2) is 11.5 Å². The minimum absolute atomic E-state index is 0.217. The number of imidazole rings is 1. The van der Waals surface area contributed by atoms with Gasteiger partial charge in [0.2, 0.25) is 5.95 Å². The van der Waals surface area contributed by atoms with E-state index in [1.54, 1.807) is 20.4 Å². The molecule has 0 aliphatic carbocycles. The third-order valence-corrected chi connectivity index (χ3v) is 5.80. The van der Waals surface area contributed by atoms with Gasteiger partial charge in [0.25, 0.3) is 0 Å². The highest BCUT2D eigenvalue weighted by molar-refractivity contribution is 5.69. The van der Waals surface area contributed by atoms with Gasteiger partial charge in [-0.25, -0.2) is 14.4 Å². The van der Waals surface area contributed by atoms with E-state index < -0.39 is 0 Å². The Labute approximate surface area is 185 Å². The van der Waals surface area contributed by atoms with E-state index in [9.17, 15) is 4.39 Å². The van der Waals surface area contributed by atoms with Crippen molar-refractivity contribution in [3.63, 3.8) is 0 Å². The molecule has 2 aromatic heterocycles. The van der Waals surface area contributed by atoms with Crippen LogP contribution in [0.2, 0.25) is 0 Å². The number of ether oxygens (including phenoxy) is 2. The number of benzene rings is 2. The highest BCUT2D eigenvalue weighted by Crippen LogP contribution is 2.33. The van der Waals surface area contributed by atoms with E-state index in [-0.39, 0.29) is 5.82 Å². The van der Waals surface area contributed by atoms with E-state index in [0.29, 0.717) is 11.5 Å². The van der Waals surface area contributed by atoms with Crippen LogP contribution in [0.3, 0.4) is 0 Å². The lowest BCUT2D eigenvalue weighted by atomic mass is 10.1. The fourth-order valence-electron chi connectivity index (χ4n) is 4.09. The first-order valence-corrected chi connectivity index (χ1v) is 10.5. The zero-order valence-corrected chi connectivity index (χ0v) is 18.0. The minimum Gasteiger partial charge on any atom is -0.493 e. The summed E-state index contributed by atoms with van der Waals surface area (Å²) < 4.78 is 26.1. The number of fused-ring (bicyclic) bond motifs is 1. The van der Waals surface area contributed by atoms with Crippen LogP contribution in [0.1, 0.15) is 0 Å². The van der Waals surface area contributed by atoms with Crippen LogP contribution in [0.25, 0.3) is 16.9 Å². The van der Waals surface area contributed by atoms with E-state index in [2.05, 4.69) is 14.8 Å². The number of anilines is 2. The van der Waals surface area contributed by atoms with Crippen molar-refractivity contribution in [3.05, 3.63) is 66.7 Å². The largest absolute Gasteiger partial charge is 0.493 e. The molecule has 5 rings (SSSR count). The van der Waals surface area contributed by atoms with Crippen LogP contribution in [-0.2, 0) is 0 Å². The molecule has 0 unspecified atom stereocenters. The van der Waals surface area contributed by atoms with Gasteiger partial charge in [0, 0.05) is 55.9 Å². The zero-order valence-electron chi connectivity index (χ0n) is 18.0. The number of piperazine rings is 1. The number of methoxy groups -OCH3 is 2. The van der Waals surface area contributed by atoms with E-state index in [1.807, 2.05) is 47.0 Å². The number of nitrogens with zero attached hydrogens (tertiary/aromatic N) is 5. The van der Waals surface area contributed by atoms with Gasteiger partial charge in [0.05, 0.1) is 19.9 Å². The van der Waals surface area contributed by atoms with Gasteiger partial charge in [-0.2, -0.15) is 0 Å². The molecule has 1 aliphatic heterocycles. The molecule has 164 valence electrons. The standard InChI is InChI=1S/C24H24FN5O2/c1-31-21-8-3-17(15-22(21)32-2)20-16-23-26-9-10-30(23)24(27-20)29-13-11-28(12-14-29)19-6-4-18(25)5-7-19/h3-10,15-16H,11-14H2,1-2H3. The van der Waals surface area contributed by atoms with Gasteiger partial charge in [0.1, 0.15) is 11.5 Å². The first-order valence-electron chi connectivity index (χ1n) is 10.5. The summed E-state index contributed by atoms with van der Waals surface area (Å²) in [6.45, 7) is 3.24. The molecule has 0 spiro atoms. The smallest absolute Gasteiger partial charge is 0.212 e. The highest BCUT2D eigenvalue weighted by atomic mass is 19.1. The molecule has 1 aliphatic rings. The maximum atomic E-state index is 13.3. The van der Waals surface area contributed by atoms with Crippen LogP contribution >= 0.6 is 0 Å². The second kappa shape index (κ2) is 8.37. The molecule has 2 aromatic carbocycles. The fraction of sp³-hybridized carbons (Fsp3) is 0.250. The molecule has 0 N–H and O–H groups in total. The molecule has 0 amide bonds. The van der Waals surface area contributed by atoms with Crippen LogP contribution < -0.4 is 19.3 Å². The van der Waals surface area contributed by atoms with Crippen LogP contribution in [0.15, 0.2) is 60.9 Å². The van der Waals surface area contributed by atoms with Crippen LogP contribution in [0.4, 0.5) is 16.0 Å². The quantitative estimate of drug-likeness (QED) is 0.476. The topological polar surface area (TPSA) is 55.1 Å². The van der Waals surface area contributed by atoms with Crippen molar-refractivity contribution in [1.82, 2.24) is 14.4 Å². The summed E-state index contributed by atoms with van der Waals surface area (Å²) in [6, 6.07) is 14.4. The van der Waals surface area contributed by atoms with Crippen LogP contribution in [0.5, 0.6) is 11.5 Å². The third-order valence-electron chi connectivity index (χ3n) is 5.80. The number of halogens is 1. The lowest BCUT2D eigenvalue weighted by Crippen LogP contribution is -2.47.